The van der Waals surface area contributed by atoms with Crippen LogP contribution >= 0.6 is 0 Å². The van der Waals surface area contributed by atoms with E-state index in [0.29, 0.717) is 30.7 Å². The smallest absolute Gasteiger partial charge is 0.273 e. The van der Waals surface area contributed by atoms with Gasteiger partial charge in [0, 0.05) is 31.5 Å². The topological polar surface area (TPSA) is 71.3 Å². The first-order valence-electron chi connectivity index (χ1n) is 9.97. The molecule has 3 aromatic rings. The number of pyridine rings is 1. The second kappa shape index (κ2) is 9.98. The Morgan fingerprint density at radius 3 is 2.66 bits per heavy atom. The number of hydrogen-bond donors (Lipinski definition) is 1. The van der Waals surface area contributed by atoms with Gasteiger partial charge in [-0.1, -0.05) is 31.2 Å². The number of benzene rings is 1. The fourth-order valence-electron chi connectivity index (χ4n) is 3.07. The highest BCUT2D eigenvalue weighted by Gasteiger charge is 2.19. The molecule has 0 bridgehead atoms. The normalized spacial score (nSPS) is 12.1. The summed E-state index contributed by atoms with van der Waals surface area (Å²) in [7, 11) is 0. The standard InChI is InChI=1S/C23H28N4O2/c1-4-18(3)27(14-20-8-6-5-7-17(20)2)15-22-26-21(16-29-22)23(28)25-13-19-9-11-24-12-10-19/h5-12,16,18H,4,13-15H2,1-3H3,(H,25,28). The van der Waals surface area contributed by atoms with E-state index in [4.69, 9.17) is 4.42 Å². The Morgan fingerprint density at radius 1 is 1.17 bits per heavy atom. The van der Waals surface area contributed by atoms with Crippen molar-refractivity contribution in [2.45, 2.75) is 52.9 Å². The Morgan fingerprint density at radius 2 is 1.93 bits per heavy atom. The molecule has 1 atom stereocenters. The monoisotopic (exact) mass is 392 g/mol. The number of amides is 1. The van der Waals surface area contributed by atoms with Crippen LogP contribution in [-0.4, -0.2) is 26.8 Å². The highest BCUT2D eigenvalue weighted by Crippen LogP contribution is 2.17. The maximum atomic E-state index is 12.4. The summed E-state index contributed by atoms with van der Waals surface area (Å²) in [4.78, 5) is 23.1. The molecule has 1 unspecified atom stereocenters. The van der Waals surface area contributed by atoms with Crippen molar-refractivity contribution < 1.29 is 9.21 Å². The molecule has 1 amide bonds. The van der Waals surface area contributed by atoms with Gasteiger partial charge in [-0.2, -0.15) is 0 Å². The van der Waals surface area contributed by atoms with Crippen molar-refractivity contribution in [2.75, 3.05) is 0 Å². The van der Waals surface area contributed by atoms with Crippen LogP contribution in [-0.2, 0) is 19.6 Å². The molecule has 1 aromatic carbocycles. The van der Waals surface area contributed by atoms with Crippen molar-refractivity contribution in [1.82, 2.24) is 20.2 Å². The van der Waals surface area contributed by atoms with Crippen LogP contribution in [0.2, 0.25) is 0 Å². The van der Waals surface area contributed by atoms with Crippen molar-refractivity contribution >= 4 is 5.91 Å². The molecular formula is C23H28N4O2. The molecule has 152 valence electrons. The molecule has 3 rings (SSSR count). The largest absolute Gasteiger partial charge is 0.447 e. The Labute approximate surface area is 172 Å². The summed E-state index contributed by atoms with van der Waals surface area (Å²) in [5, 5.41) is 2.86. The number of aryl methyl sites for hydroxylation is 1. The summed E-state index contributed by atoms with van der Waals surface area (Å²) in [5.41, 5.74) is 3.84. The lowest BCUT2D eigenvalue weighted by Crippen LogP contribution is -2.32. The zero-order valence-corrected chi connectivity index (χ0v) is 17.3. The summed E-state index contributed by atoms with van der Waals surface area (Å²) < 4.78 is 5.61. The molecule has 0 aliphatic carbocycles. The second-order valence-electron chi connectivity index (χ2n) is 7.25. The molecule has 0 spiro atoms. The van der Waals surface area contributed by atoms with Crippen molar-refractivity contribution in [3.8, 4) is 0 Å². The van der Waals surface area contributed by atoms with Crippen LogP contribution in [0.5, 0.6) is 0 Å². The van der Waals surface area contributed by atoms with Gasteiger partial charge in [-0.3, -0.25) is 14.7 Å². The predicted molar refractivity (Wildman–Crippen MR) is 112 cm³/mol. The van der Waals surface area contributed by atoms with Gasteiger partial charge in [0.1, 0.15) is 6.26 Å². The van der Waals surface area contributed by atoms with Crippen molar-refractivity contribution in [3.05, 3.63) is 83.3 Å². The van der Waals surface area contributed by atoms with Crippen LogP contribution in [0.25, 0.3) is 0 Å². The van der Waals surface area contributed by atoms with E-state index < -0.39 is 0 Å². The molecule has 2 heterocycles. The Bertz CT molecular complexity index is 923. The molecule has 0 fully saturated rings. The minimum atomic E-state index is -0.245. The van der Waals surface area contributed by atoms with Gasteiger partial charge in [-0.25, -0.2) is 4.98 Å². The fraction of sp³-hybridized carbons (Fsp3) is 0.348. The van der Waals surface area contributed by atoms with Gasteiger partial charge in [0.15, 0.2) is 5.69 Å². The van der Waals surface area contributed by atoms with Crippen molar-refractivity contribution in [1.29, 1.82) is 0 Å². The molecular weight excluding hydrogens is 364 g/mol. The fourth-order valence-corrected chi connectivity index (χ4v) is 3.07. The van der Waals surface area contributed by atoms with Gasteiger partial charge < -0.3 is 9.73 Å². The Hall–Kier alpha value is -2.99. The summed E-state index contributed by atoms with van der Waals surface area (Å²) in [6, 6.07) is 12.5. The lowest BCUT2D eigenvalue weighted by atomic mass is 10.1. The number of nitrogens with zero attached hydrogens (tertiary/aromatic N) is 3. The SMILES string of the molecule is CCC(C)N(Cc1nc(C(=O)NCc2ccncc2)co1)Cc1ccccc1C. The zero-order valence-electron chi connectivity index (χ0n) is 17.3. The minimum Gasteiger partial charge on any atom is -0.447 e. The molecule has 0 aliphatic heterocycles. The highest BCUT2D eigenvalue weighted by molar-refractivity contribution is 5.91. The van der Waals surface area contributed by atoms with E-state index >= 15 is 0 Å². The first kappa shape index (κ1) is 20.7. The third kappa shape index (κ3) is 5.74. The lowest BCUT2D eigenvalue weighted by molar-refractivity contribution is 0.0945. The van der Waals surface area contributed by atoms with Gasteiger partial charge in [0.05, 0.1) is 6.54 Å². The highest BCUT2D eigenvalue weighted by atomic mass is 16.3. The van der Waals surface area contributed by atoms with Crippen LogP contribution in [0.15, 0.2) is 59.5 Å². The Kier molecular flexibility index (Phi) is 7.14. The summed E-state index contributed by atoms with van der Waals surface area (Å²) >= 11 is 0. The van der Waals surface area contributed by atoms with Crippen molar-refractivity contribution in [3.63, 3.8) is 0 Å². The number of oxazole rings is 1. The van der Waals surface area contributed by atoms with E-state index in [1.165, 1.54) is 17.4 Å². The number of nitrogens with one attached hydrogen (secondary N) is 1. The van der Waals surface area contributed by atoms with Gasteiger partial charge in [-0.15, -0.1) is 0 Å². The number of carbonyl (C=O) groups is 1. The molecule has 0 radical (unpaired) electrons. The summed E-state index contributed by atoms with van der Waals surface area (Å²) in [5.74, 6) is 0.304. The average Bonchev–Trinajstić information content (AvgIpc) is 3.22. The van der Waals surface area contributed by atoms with E-state index in [2.05, 4.69) is 65.2 Å². The van der Waals surface area contributed by atoms with Gasteiger partial charge >= 0.3 is 0 Å². The van der Waals surface area contributed by atoms with E-state index in [-0.39, 0.29) is 5.91 Å². The Balaban J connectivity index is 1.64. The molecule has 6 heteroatoms. The van der Waals surface area contributed by atoms with Gasteiger partial charge in [0.25, 0.3) is 5.91 Å². The molecule has 1 N–H and O–H groups in total. The summed E-state index contributed by atoms with van der Waals surface area (Å²) in [6.07, 6.45) is 5.85. The lowest BCUT2D eigenvalue weighted by Gasteiger charge is -2.27. The third-order valence-electron chi connectivity index (χ3n) is 5.17. The van der Waals surface area contributed by atoms with Crippen LogP contribution in [0, 0.1) is 6.92 Å². The van der Waals surface area contributed by atoms with Crippen molar-refractivity contribution in [2.24, 2.45) is 0 Å². The number of carbonyl (C=O) groups excluding carboxylic acids is 1. The second-order valence-corrected chi connectivity index (χ2v) is 7.25. The number of hydrogen-bond acceptors (Lipinski definition) is 5. The van der Waals surface area contributed by atoms with Crippen LogP contribution in [0.3, 0.4) is 0 Å². The van der Waals surface area contributed by atoms with E-state index in [0.717, 1.165) is 18.5 Å². The molecule has 0 saturated carbocycles. The third-order valence-corrected chi connectivity index (χ3v) is 5.17. The first-order valence-corrected chi connectivity index (χ1v) is 9.97. The van der Waals surface area contributed by atoms with Gasteiger partial charge in [0.2, 0.25) is 5.89 Å². The number of rotatable bonds is 9. The molecule has 0 saturated heterocycles. The van der Waals surface area contributed by atoms with Crippen LogP contribution in [0.4, 0.5) is 0 Å². The predicted octanol–water partition coefficient (Wildman–Crippen LogP) is 4.11. The molecule has 6 nitrogen and oxygen atoms in total. The van der Waals surface area contributed by atoms with Gasteiger partial charge in [-0.05, 0) is 49.1 Å². The van der Waals surface area contributed by atoms with E-state index in [1.807, 2.05) is 12.1 Å². The maximum Gasteiger partial charge on any atom is 0.273 e. The van der Waals surface area contributed by atoms with Crippen LogP contribution in [0.1, 0.15) is 53.3 Å². The van der Waals surface area contributed by atoms with Crippen LogP contribution < -0.4 is 5.32 Å². The quantitative estimate of drug-likeness (QED) is 0.593. The molecule has 2 aromatic heterocycles. The first-order chi connectivity index (χ1) is 14.1. The zero-order chi connectivity index (χ0) is 20.6. The number of aromatic nitrogens is 2. The minimum absolute atomic E-state index is 0.245. The molecule has 0 aliphatic rings. The van der Waals surface area contributed by atoms with E-state index in [1.54, 1.807) is 12.4 Å². The average molecular weight is 393 g/mol. The summed E-state index contributed by atoms with van der Waals surface area (Å²) in [6.45, 7) is 8.29. The maximum absolute atomic E-state index is 12.4. The van der Waals surface area contributed by atoms with E-state index in [9.17, 15) is 4.79 Å². The molecule has 29 heavy (non-hydrogen) atoms.